The van der Waals surface area contributed by atoms with Gasteiger partial charge in [-0.1, -0.05) is 12.1 Å². The number of ether oxygens (including phenoxy) is 1. The molecule has 0 aliphatic carbocycles. The lowest BCUT2D eigenvalue weighted by molar-refractivity contribution is -0.122. The van der Waals surface area contributed by atoms with E-state index in [1.807, 2.05) is 0 Å². The van der Waals surface area contributed by atoms with Crippen LogP contribution in [0.15, 0.2) is 53.4 Å². The van der Waals surface area contributed by atoms with Crippen LogP contribution in [-0.2, 0) is 19.6 Å². The highest BCUT2D eigenvalue weighted by molar-refractivity contribution is 7.89. The van der Waals surface area contributed by atoms with Crippen molar-refractivity contribution in [2.45, 2.75) is 24.8 Å². The van der Waals surface area contributed by atoms with Crippen molar-refractivity contribution in [1.82, 2.24) is 10.0 Å². The number of amides is 2. The molecule has 0 aliphatic heterocycles. The van der Waals surface area contributed by atoms with Gasteiger partial charge in [-0.25, -0.2) is 12.8 Å². The predicted molar refractivity (Wildman–Crippen MR) is 105 cm³/mol. The summed E-state index contributed by atoms with van der Waals surface area (Å²) < 4.78 is 45.7. The number of anilines is 1. The third-order valence-corrected chi connectivity index (χ3v) is 5.26. The first-order chi connectivity index (χ1) is 13.7. The minimum absolute atomic E-state index is 0.0246. The van der Waals surface area contributed by atoms with Crippen molar-refractivity contribution in [1.29, 1.82) is 0 Å². The lowest BCUT2D eigenvalue weighted by Crippen LogP contribution is -2.45. The normalized spacial score (nSPS) is 12.1. The van der Waals surface area contributed by atoms with Crippen molar-refractivity contribution in [2.75, 3.05) is 18.5 Å². The van der Waals surface area contributed by atoms with E-state index in [-0.39, 0.29) is 29.7 Å². The van der Waals surface area contributed by atoms with Crippen LogP contribution < -0.4 is 20.1 Å². The number of halogens is 1. The molecule has 0 bridgehead atoms. The van der Waals surface area contributed by atoms with E-state index in [0.717, 1.165) is 0 Å². The van der Waals surface area contributed by atoms with Gasteiger partial charge in [-0.2, -0.15) is 4.72 Å². The highest BCUT2D eigenvalue weighted by Crippen LogP contribution is 2.15. The Balaban J connectivity index is 1.84. The van der Waals surface area contributed by atoms with Crippen molar-refractivity contribution < 1.29 is 27.1 Å². The zero-order valence-corrected chi connectivity index (χ0v) is 16.8. The smallest absolute Gasteiger partial charge is 0.241 e. The summed E-state index contributed by atoms with van der Waals surface area (Å²) in [6, 6.07) is 10.4. The molecule has 8 nitrogen and oxygen atoms in total. The fourth-order valence-corrected chi connectivity index (χ4v) is 3.53. The summed E-state index contributed by atoms with van der Waals surface area (Å²) in [5.74, 6) is -1.27. The van der Waals surface area contributed by atoms with Gasteiger partial charge in [0.2, 0.25) is 21.8 Å². The van der Waals surface area contributed by atoms with Gasteiger partial charge in [-0.3, -0.25) is 9.59 Å². The van der Waals surface area contributed by atoms with E-state index >= 15 is 0 Å². The van der Waals surface area contributed by atoms with Gasteiger partial charge < -0.3 is 15.4 Å². The summed E-state index contributed by atoms with van der Waals surface area (Å²) in [5, 5.41) is 5.05. The Kier molecular flexibility index (Phi) is 7.68. The Morgan fingerprint density at radius 2 is 1.76 bits per heavy atom. The Bertz CT molecular complexity index is 964. The van der Waals surface area contributed by atoms with Crippen LogP contribution in [-0.4, -0.2) is 39.4 Å². The molecule has 0 aromatic heterocycles. The minimum Gasteiger partial charge on any atom is -0.489 e. The molecule has 156 valence electrons. The van der Waals surface area contributed by atoms with Crippen molar-refractivity contribution in [3.63, 3.8) is 0 Å². The van der Waals surface area contributed by atoms with Crippen LogP contribution in [0.2, 0.25) is 0 Å². The molecule has 3 N–H and O–H groups in total. The Morgan fingerprint density at radius 1 is 1.10 bits per heavy atom. The van der Waals surface area contributed by atoms with E-state index < -0.39 is 27.8 Å². The largest absolute Gasteiger partial charge is 0.489 e. The fraction of sp³-hybridized carbons (Fsp3) is 0.263. The quantitative estimate of drug-likeness (QED) is 0.531. The van der Waals surface area contributed by atoms with Crippen LogP contribution in [0.4, 0.5) is 10.1 Å². The molecule has 0 aliphatic rings. The molecule has 0 radical (unpaired) electrons. The van der Waals surface area contributed by atoms with Gasteiger partial charge in [-0.15, -0.1) is 0 Å². The molecule has 29 heavy (non-hydrogen) atoms. The number of nitrogens with one attached hydrogen (secondary N) is 3. The van der Waals surface area contributed by atoms with E-state index in [1.54, 1.807) is 6.07 Å². The molecule has 2 amide bonds. The molecule has 2 aromatic carbocycles. The van der Waals surface area contributed by atoms with Gasteiger partial charge >= 0.3 is 0 Å². The van der Waals surface area contributed by atoms with Crippen molar-refractivity contribution in [3.05, 3.63) is 54.3 Å². The first kappa shape index (κ1) is 22.3. The summed E-state index contributed by atoms with van der Waals surface area (Å²) in [6.07, 6.45) is 0. The van der Waals surface area contributed by atoms with Gasteiger partial charge in [0.25, 0.3) is 0 Å². The molecule has 2 rings (SSSR count). The number of hydrogen-bond donors (Lipinski definition) is 3. The van der Waals surface area contributed by atoms with Crippen LogP contribution in [0.25, 0.3) is 0 Å². The zero-order valence-electron chi connectivity index (χ0n) is 15.9. The van der Waals surface area contributed by atoms with Crippen LogP contribution in [0.1, 0.15) is 13.8 Å². The van der Waals surface area contributed by atoms with Gasteiger partial charge in [0.05, 0.1) is 17.5 Å². The predicted octanol–water partition coefficient (Wildman–Crippen LogP) is 1.65. The minimum atomic E-state index is -3.93. The standard InChI is InChI=1S/C19H22FN3O5S/c1-13(19(25)21-11-12-28-18-6-4-3-5-17(18)20)23-29(26,27)16-9-7-15(8-10-16)22-14(2)24/h3-10,13,23H,11-12H2,1-2H3,(H,21,25)(H,22,24)/t13-/m0/s1. The zero-order chi connectivity index (χ0) is 21.4. The third kappa shape index (κ3) is 6.84. The molecule has 0 fully saturated rings. The van der Waals surface area contributed by atoms with Gasteiger partial charge in [0, 0.05) is 12.6 Å². The topological polar surface area (TPSA) is 114 Å². The van der Waals surface area contributed by atoms with E-state index in [4.69, 9.17) is 4.74 Å². The fourth-order valence-electron chi connectivity index (χ4n) is 2.33. The first-order valence-corrected chi connectivity index (χ1v) is 10.2. The number of rotatable bonds is 9. The van der Waals surface area contributed by atoms with Crippen molar-refractivity contribution >= 4 is 27.5 Å². The summed E-state index contributed by atoms with van der Waals surface area (Å²) in [6.45, 7) is 2.84. The number of sulfonamides is 1. The summed E-state index contributed by atoms with van der Waals surface area (Å²) in [5.41, 5.74) is 0.456. The second-order valence-corrected chi connectivity index (χ2v) is 7.83. The number of carbonyl (C=O) groups is 2. The molecule has 0 unspecified atom stereocenters. The Labute approximate surface area is 168 Å². The maximum Gasteiger partial charge on any atom is 0.241 e. The monoisotopic (exact) mass is 423 g/mol. The third-order valence-electron chi connectivity index (χ3n) is 3.71. The number of benzene rings is 2. The van der Waals surface area contributed by atoms with E-state index in [9.17, 15) is 22.4 Å². The maximum absolute atomic E-state index is 13.4. The van der Waals surface area contributed by atoms with Gasteiger partial charge in [0.15, 0.2) is 11.6 Å². The molecule has 0 heterocycles. The lowest BCUT2D eigenvalue weighted by atomic mass is 10.3. The highest BCUT2D eigenvalue weighted by atomic mass is 32.2. The Hall–Kier alpha value is -2.98. The molecule has 10 heteroatoms. The summed E-state index contributed by atoms with van der Waals surface area (Å²) >= 11 is 0. The maximum atomic E-state index is 13.4. The SMILES string of the molecule is CC(=O)Nc1ccc(S(=O)(=O)N[C@@H](C)C(=O)NCCOc2ccccc2F)cc1. The van der Waals surface area contributed by atoms with Gasteiger partial charge in [-0.05, 0) is 43.3 Å². The van der Waals surface area contributed by atoms with Crippen LogP contribution in [0.5, 0.6) is 5.75 Å². The van der Waals surface area contributed by atoms with E-state index in [1.165, 1.54) is 56.3 Å². The number of para-hydroxylation sites is 1. The van der Waals surface area contributed by atoms with Gasteiger partial charge in [0.1, 0.15) is 6.61 Å². The Morgan fingerprint density at radius 3 is 2.38 bits per heavy atom. The summed E-state index contributed by atoms with van der Waals surface area (Å²) in [4.78, 5) is 23.1. The second-order valence-electron chi connectivity index (χ2n) is 6.12. The molecule has 1 atom stereocenters. The number of carbonyl (C=O) groups excluding carboxylic acids is 2. The van der Waals surface area contributed by atoms with Crippen LogP contribution >= 0.6 is 0 Å². The second kappa shape index (κ2) is 9.99. The summed E-state index contributed by atoms with van der Waals surface area (Å²) in [7, 11) is -3.93. The van der Waals surface area contributed by atoms with E-state index in [0.29, 0.717) is 5.69 Å². The molecule has 0 spiro atoms. The molecule has 0 saturated heterocycles. The molecule has 2 aromatic rings. The van der Waals surface area contributed by atoms with E-state index in [2.05, 4.69) is 15.4 Å². The lowest BCUT2D eigenvalue weighted by Gasteiger charge is -2.15. The number of hydrogen-bond acceptors (Lipinski definition) is 5. The highest BCUT2D eigenvalue weighted by Gasteiger charge is 2.21. The van der Waals surface area contributed by atoms with Crippen molar-refractivity contribution in [2.24, 2.45) is 0 Å². The average Bonchev–Trinajstić information content (AvgIpc) is 2.66. The molecular weight excluding hydrogens is 401 g/mol. The van der Waals surface area contributed by atoms with Crippen LogP contribution in [0.3, 0.4) is 0 Å². The first-order valence-electron chi connectivity index (χ1n) is 8.74. The molecular formula is C19H22FN3O5S. The van der Waals surface area contributed by atoms with Crippen LogP contribution in [0, 0.1) is 5.82 Å². The molecule has 0 saturated carbocycles. The average molecular weight is 423 g/mol. The van der Waals surface area contributed by atoms with Crippen molar-refractivity contribution in [3.8, 4) is 5.75 Å².